The average molecular weight is 366 g/mol. The molecule has 0 aliphatic carbocycles. The molecule has 9 heteroatoms. The van der Waals surface area contributed by atoms with Crippen LogP contribution in [-0.2, 0) is 0 Å². The van der Waals surface area contributed by atoms with Crippen LogP contribution in [0, 0.1) is 0 Å². The van der Waals surface area contributed by atoms with Crippen molar-refractivity contribution >= 4 is 39.9 Å². The fourth-order valence-electron chi connectivity index (χ4n) is 2.34. The minimum absolute atomic E-state index is 0.0426. The van der Waals surface area contributed by atoms with E-state index in [9.17, 15) is 19.3 Å². The smallest absolute Gasteiger partial charge is 0.261 e. The summed E-state index contributed by atoms with van der Waals surface area (Å²) in [4.78, 5) is 0. The third kappa shape index (κ3) is 2.59. The second kappa shape index (κ2) is 5.43. The molecule has 4 N–H and O–H groups in total. The van der Waals surface area contributed by atoms with E-state index in [4.69, 9.17) is 27.6 Å². The molecule has 120 valence electrons. The first-order valence-electron chi connectivity index (χ1n) is 6.34. The molecule has 0 unspecified atom stereocenters. The molecule has 0 radical (unpaired) electrons. The summed E-state index contributed by atoms with van der Waals surface area (Å²) < 4.78 is 26.6. The lowest BCUT2D eigenvalue weighted by molar-refractivity contribution is 0.409. The van der Waals surface area contributed by atoms with Crippen molar-refractivity contribution in [3.8, 4) is 22.8 Å². The Kier molecular flexibility index (Phi) is 3.86. The summed E-state index contributed by atoms with van der Waals surface area (Å²) in [6.45, 7) is 0.304. The lowest BCUT2D eigenvalue weighted by atomic mass is 10.1. The molecule has 6 nitrogen and oxygen atoms in total. The Balaban J connectivity index is 2.10. The summed E-state index contributed by atoms with van der Waals surface area (Å²) >= 11 is 11.8. The lowest BCUT2D eigenvalue weighted by Crippen LogP contribution is -2.21. The van der Waals surface area contributed by atoms with Crippen molar-refractivity contribution in [3.05, 3.63) is 28.2 Å². The van der Waals surface area contributed by atoms with Crippen molar-refractivity contribution in [1.82, 2.24) is 0 Å². The number of hydrogen-bond donors (Lipinski definition) is 4. The van der Waals surface area contributed by atoms with E-state index in [2.05, 4.69) is 0 Å². The fraction of sp³-hybridized carbons (Fsp3) is 0.231. The number of aromatic hydroxyl groups is 2. The lowest BCUT2D eigenvalue weighted by Gasteiger charge is -2.35. The maximum absolute atomic E-state index is 10.1. The molecule has 1 aromatic carbocycles. The number of rotatable bonds is 2. The van der Waals surface area contributed by atoms with Gasteiger partial charge in [0.2, 0.25) is 11.5 Å². The van der Waals surface area contributed by atoms with Crippen molar-refractivity contribution < 1.29 is 23.7 Å². The number of benzene rings is 1. The highest BCUT2D eigenvalue weighted by molar-refractivity contribution is 8.25. The molecule has 0 atom stereocenters. The molecule has 1 aliphatic heterocycles. The van der Waals surface area contributed by atoms with Gasteiger partial charge in [-0.25, -0.2) is 4.31 Å². The van der Waals surface area contributed by atoms with E-state index in [1.54, 1.807) is 0 Å². The van der Waals surface area contributed by atoms with Crippen LogP contribution >= 0.6 is 34.0 Å². The molecule has 0 spiro atoms. The van der Waals surface area contributed by atoms with Gasteiger partial charge >= 0.3 is 0 Å². The van der Waals surface area contributed by atoms with Crippen molar-refractivity contribution in [2.75, 3.05) is 16.6 Å². The normalized spacial score (nSPS) is 18.6. The van der Waals surface area contributed by atoms with Crippen molar-refractivity contribution in [2.24, 2.45) is 0 Å². The Labute approximate surface area is 138 Å². The standard InChI is InChI=1S/C13H13Cl2NO5S/c14-8-4-7(5-9(15)6-8)12-10(17)11(18)13(21-12)16-2-1-3-22(16,19)20/h4-6,17-20H,1-3H2. The monoisotopic (exact) mass is 365 g/mol. The first-order chi connectivity index (χ1) is 10.3. The van der Waals surface area contributed by atoms with Crippen molar-refractivity contribution in [3.63, 3.8) is 0 Å². The highest BCUT2D eigenvalue weighted by Gasteiger charge is 2.36. The maximum atomic E-state index is 10.1. The first kappa shape index (κ1) is 15.6. The van der Waals surface area contributed by atoms with Crippen LogP contribution in [0.2, 0.25) is 10.0 Å². The van der Waals surface area contributed by atoms with Crippen LogP contribution in [0.1, 0.15) is 6.42 Å². The Bertz CT molecular complexity index is 713. The number of anilines is 1. The zero-order valence-electron chi connectivity index (χ0n) is 11.2. The van der Waals surface area contributed by atoms with Crippen LogP contribution in [-0.4, -0.2) is 31.6 Å². The molecule has 1 aromatic heterocycles. The summed E-state index contributed by atoms with van der Waals surface area (Å²) in [5.74, 6) is -1.09. The summed E-state index contributed by atoms with van der Waals surface area (Å²) in [6, 6.07) is 4.54. The van der Waals surface area contributed by atoms with Gasteiger partial charge in [0.05, 0.1) is 5.75 Å². The molecule has 0 bridgehead atoms. The molecular weight excluding hydrogens is 353 g/mol. The minimum atomic E-state index is -3.05. The van der Waals surface area contributed by atoms with E-state index in [1.807, 2.05) is 0 Å². The predicted molar refractivity (Wildman–Crippen MR) is 87.2 cm³/mol. The third-order valence-corrected chi connectivity index (χ3v) is 5.65. The van der Waals surface area contributed by atoms with Crippen LogP contribution in [0.15, 0.2) is 22.6 Å². The van der Waals surface area contributed by atoms with Gasteiger partial charge < -0.3 is 14.6 Å². The first-order valence-corrected chi connectivity index (χ1v) is 8.77. The summed E-state index contributed by atoms with van der Waals surface area (Å²) in [5.41, 5.74) is 0.368. The zero-order chi connectivity index (χ0) is 16.1. The summed E-state index contributed by atoms with van der Waals surface area (Å²) in [7, 11) is -3.05. The van der Waals surface area contributed by atoms with Gasteiger partial charge in [-0.05, 0) is 24.6 Å². The summed E-state index contributed by atoms with van der Waals surface area (Å²) in [6.07, 6.45) is 0.543. The van der Waals surface area contributed by atoms with Crippen LogP contribution in [0.4, 0.5) is 5.88 Å². The SMILES string of the molecule is Oc1c(-c2cc(Cl)cc(Cl)c2)oc(N2CCCS2(O)O)c1O. The predicted octanol–water partition coefficient (Wildman–Crippen LogP) is 4.54. The number of hydrogen-bond acceptors (Lipinski definition) is 6. The van der Waals surface area contributed by atoms with E-state index >= 15 is 0 Å². The van der Waals surface area contributed by atoms with Crippen LogP contribution in [0.3, 0.4) is 0 Å². The highest BCUT2D eigenvalue weighted by atomic mass is 35.5. The average Bonchev–Trinajstić information content (AvgIpc) is 2.90. The van der Waals surface area contributed by atoms with E-state index in [1.165, 1.54) is 18.2 Å². The van der Waals surface area contributed by atoms with Crippen LogP contribution < -0.4 is 4.31 Å². The van der Waals surface area contributed by atoms with E-state index in [-0.39, 0.29) is 17.4 Å². The van der Waals surface area contributed by atoms with Gasteiger partial charge in [0, 0.05) is 22.2 Å². The zero-order valence-corrected chi connectivity index (χ0v) is 13.5. The number of halogens is 2. The topological polar surface area (TPSA) is 97.3 Å². The van der Waals surface area contributed by atoms with Crippen LogP contribution in [0.25, 0.3) is 11.3 Å². The van der Waals surface area contributed by atoms with Gasteiger partial charge in [0.15, 0.2) is 5.76 Å². The third-order valence-electron chi connectivity index (χ3n) is 3.32. The quantitative estimate of drug-likeness (QED) is 0.623. The minimum Gasteiger partial charge on any atom is -0.502 e. The molecule has 0 amide bonds. The Morgan fingerprint density at radius 2 is 1.68 bits per heavy atom. The molecule has 1 fully saturated rings. The Morgan fingerprint density at radius 1 is 1.05 bits per heavy atom. The van der Waals surface area contributed by atoms with Gasteiger partial charge in [-0.15, -0.1) is 10.8 Å². The Hall–Kier alpha value is -1.25. The fourth-order valence-corrected chi connectivity index (χ4v) is 4.42. The van der Waals surface area contributed by atoms with E-state index in [0.29, 0.717) is 28.6 Å². The van der Waals surface area contributed by atoms with E-state index in [0.717, 1.165) is 4.31 Å². The van der Waals surface area contributed by atoms with E-state index < -0.39 is 22.3 Å². The molecule has 1 saturated heterocycles. The molecule has 2 aromatic rings. The van der Waals surface area contributed by atoms with Gasteiger partial charge in [0.25, 0.3) is 5.88 Å². The van der Waals surface area contributed by atoms with Crippen LogP contribution in [0.5, 0.6) is 11.5 Å². The van der Waals surface area contributed by atoms with Gasteiger partial charge in [-0.2, -0.15) is 0 Å². The second-order valence-electron chi connectivity index (χ2n) is 4.88. The van der Waals surface area contributed by atoms with Gasteiger partial charge in [-0.1, -0.05) is 23.2 Å². The molecule has 3 rings (SSSR count). The Morgan fingerprint density at radius 3 is 2.23 bits per heavy atom. The maximum Gasteiger partial charge on any atom is 0.261 e. The number of furan rings is 1. The second-order valence-corrected chi connectivity index (χ2v) is 7.87. The largest absolute Gasteiger partial charge is 0.502 e. The summed E-state index contributed by atoms with van der Waals surface area (Å²) in [5, 5.41) is 20.8. The molecule has 1 aliphatic rings. The molecular formula is C13H13Cl2NO5S. The van der Waals surface area contributed by atoms with Gasteiger partial charge in [-0.3, -0.25) is 9.11 Å². The molecule has 0 saturated carbocycles. The van der Waals surface area contributed by atoms with Crippen molar-refractivity contribution in [1.29, 1.82) is 0 Å². The number of nitrogens with zero attached hydrogens (tertiary/aromatic N) is 1. The molecule has 2 heterocycles. The van der Waals surface area contributed by atoms with Crippen molar-refractivity contribution in [2.45, 2.75) is 6.42 Å². The highest BCUT2D eigenvalue weighted by Crippen LogP contribution is 2.57. The molecule has 22 heavy (non-hydrogen) atoms. The van der Waals surface area contributed by atoms with Gasteiger partial charge in [0.1, 0.15) is 0 Å².